The molecule has 0 amide bonds. The molecule has 5 nitrogen and oxygen atoms in total. The molecule has 1 aromatic heterocycles. The summed E-state index contributed by atoms with van der Waals surface area (Å²) in [4.78, 5) is 6.46. The number of benzene rings is 1. The Balaban J connectivity index is 1.46. The van der Waals surface area contributed by atoms with Crippen molar-refractivity contribution < 1.29 is 0 Å². The molecule has 2 heterocycles. The van der Waals surface area contributed by atoms with E-state index in [4.69, 9.17) is 17.3 Å². The average Bonchev–Trinajstić information content (AvgIpc) is 2.97. The van der Waals surface area contributed by atoms with Crippen molar-refractivity contribution in [3.8, 4) is 0 Å². The smallest absolute Gasteiger partial charge is 0.246 e. The minimum absolute atomic E-state index is 0.387. The molecule has 1 aliphatic heterocycles. The van der Waals surface area contributed by atoms with Gasteiger partial charge >= 0.3 is 0 Å². The van der Waals surface area contributed by atoms with Crippen molar-refractivity contribution in [2.45, 2.75) is 32.6 Å². The molecular formula is C17H24ClN5. The van der Waals surface area contributed by atoms with E-state index in [0.717, 1.165) is 36.4 Å². The Morgan fingerprint density at radius 2 is 2.13 bits per heavy atom. The number of halogens is 1. The molecule has 23 heavy (non-hydrogen) atoms. The number of nitrogens with zero attached hydrogens (tertiary/aromatic N) is 3. The van der Waals surface area contributed by atoms with E-state index in [2.05, 4.69) is 39.1 Å². The number of aromatic amines is 1. The Bertz CT molecular complexity index is 624. The van der Waals surface area contributed by atoms with Crippen LogP contribution in [0.1, 0.15) is 31.7 Å². The molecule has 1 saturated heterocycles. The summed E-state index contributed by atoms with van der Waals surface area (Å²) in [5.74, 6) is 2.54. The lowest BCUT2D eigenvalue weighted by molar-refractivity contribution is 0.275. The molecule has 0 radical (unpaired) electrons. The molecule has 1 fully saturated rings. The predicted octanol–water partition coefficient (Wildman–Crippen LogP) is 3.53. The highest BCUT2D eigenvalue weighted by molar-refractivity contribution is 6.30. The Kier molecular flexibility index (Phi) is 5.06. The third kappa shape index (κ3) is 4.16. The molecule has 2 unspecified atom stereocenters. The largest absolute Gasteiger partial charge is 0.368 e. The maximum absolute atomic E-state index is 5.93. The molecule has 0 saturated carbocycles. The van der Waals surface area contributed by atoms with E-state index in [1.807, 2.05) is 12.1 Å². The molecule has 0 bridgehead atoms. The lowest BCUT2D eigenvalue weighted by Gasteiger charge is -2.36. The van der Waals surface area contributed by atoms with Gasteiger partial charge in [-0.05, 0) is 55.2 Å². The van der Waals surface area contributed by atoms with Crippen LogP contribution in [0.4, 0.5) is 11.9 Å². The number of hydrogen-bond donors (Lipinski definition) is 2. The van der Waals surface area contributed by atoms with Gasteiger partial charge in [0.2, 0.25) is 11.9 Å². The number of aromatic nitrogens is 3. The van der Waals surface area contributed by atoms with Crippen LogP contribution < -0.4 is 10.6 Å². The van der Waals surface area contributed by atoms with Crippen molar-refractivity contribution in [1.29, 1.82) is 0 Å². The Morgan fingerprint density at radius 1 is 1.35 bits per heavy atom. The van der Waals surface area contributed by atoms with Crippen molar-refractivity contribution in [1.82, 2.24) is 15.2 Å². The molecule has 1 aromatic carbocycles. The number of nitrogen functional groups attached to an aromatic ring is 1. The number of piperidine rings is 1. The van der Waals surface area contributed by atoms with E-state index < -0.39 is 0 Å². The second-order valence-corrected chi connectivity index (χ2v) is 6.95. The number of rotatable bonds is 5. The zero-order valence-corrected chi connectivity index (χ0v) is 14.3. The summed E-state index contributed by atoms with van der Waals surface area (Å²) in [6, 6.07) is 8.20. The number of nitrogens with two attached hydrogens (primary N) is 1. The van der Waals surface area contributed by atoms with Crippen LogP contribution in [0.25, 0.3) is 0 Å². The predicted molar refractivity (Wildman–Crippen MR) is 94.7 cm³/mol. The van der Waals surface area contributed by atoms with Crippen LogP contribution >= 0.6 is 11.6 Å². The summed E-state index contributed by atoms with van der Waals surface area (Å²) in [6.45, 7) is 4.34. The molecule has 6 heteroatoms. The minimum atomic E-state index is 0.387. The van der Waals surface area contributed by atoms with Crippen LogP contribution in [-0.2, 0) is 6.42 Å². The number of aryl methyl sites for hydroxylation is 1. The fourth-order valence-electron chi connectivity index (χ4n) is 3.43. The summed E-state index contributed by atoms with van der Waals surface area (Å²) >= 11 is 5.93. The van der Waals surface area contributed by atoms with E-state index in [-0.39, 0.29) is 0 Å². The molecule has 3 N–H and O–H groups in total. The van der Waals surface area contributed by atoms with Crippen molar-refractivity contribution in [3.63, 3.8) is 0 Å². The molecule has 2 atom stereocenters. The van der Waals surface area contributed by atoms with Gasteiger partial charge in [0.25, 0.3) is 0 Å². The van der Waals surface area contributed by atoms with Gasteiger partial charge in [0.1, 0.15) is 0 Å². The van der Waals surface area contributed by atoms with Gasteiger partial charge in [0.05, 0.1) is 0 Å². The lowest BCUT2D eigenvalue weighted by Crippen LogP contribution is -2.40. The standard InChI is InChI=1S/C17H24ClN5/c1-12-11-23(17-20-16(19)21-22-17)10-9-14(12)4-2-3-13-5-7-15(18)8-6-13/h5-8,12,14H,2-4,9-11H2,1H3,(H3,19,20,21,22). The number of anilines is 2. The highest BCUT2D eigenvalue weighted by atomic mass is 35.5. The normalized spacial score (nSPS) is 21.6. The van der Waals surface area contributed by atoms with Gasteiger partial charge in [-0.3, -0.25) is 0 Å². The van der Waals surface area contributed by atoms with Crippen molar-refractivity contribution >= 4 is 23.5 Å². The van der Waals surface area contributed by atoms with E-state index in [0.29, 0.717) is 11.9 Å². The SMILES string of the molecule is CC1CN(c2n[nH]c(N)n2)CCC1CCCc1ccc(Cl)cc1. The zero-order valence-electron chi connectivity index (χ0n) is 13.5. The van der Waals surface area contributed by atoms with Gasteiger partial charge in [-0.25, -0.2) is 5.10 Å². The van der Waals surface area contributed by atoms with Crippen LogP contribution in [0, 0.1) is 11.8 Å². The number of hydrogen-bond acceptors (Lipinski definition) is 4. The van der Waals surface area contributed by atoms with Gasteiger partial charge in [0, 0.05) is 18.1 Å². The second kappa shape index (κ2) is 7.21. The molecule has 124 valence electrons. The topological polar surface area (TPSA) is 70.8 Å². The van der Waals surface area contributed by atoms with E-state index in [1.165, 1.54) is 24.8 Å². The first-order chi connectivity index (χ1) is 11.1. The highest BCUT2D eigenvalue weighted by Gasteiger charge is 2.27. The summed E-state index contributed by atoms with van der Waals surface area (Å²) in [5, 5.41) is 7.68. The van der Waals surface area contributed by atoms with Gasteiger partial charge in [-0.1, -0.05) is 30.7 Å². The molecular weight excluding hydrogens is 310 g/mol. The third-order valence-corrected chi connectivity index (χ3v) is 5.06. The Hall–Kier alpha value is -1.75. The molecule has 3 rings (SSSR count). The zero-order chi connectivity index (χ0) is 16.2. The maximum Gasteiger partial charge on any atom is 0.246 e. The summed E-state index contributed by atoms with van der Waals surface area (Å²) in [5.41, 5.74) is 6.98. The fourth-order valence-corrected chi connectivity index (χ4v) is 3.56. The van der Waals surface area contributed by atoms with E-state index in [9.17, 15) is 0 Å². The summed E-state index contributed by atoms with van der Waals surface area (Å²) in [6.07, 6.45) is 4.82. The fraction of sp³-hybridized carbons (Fsp3) is 0.529. The van der Waals surface area contributed by atoms with E-state index in [1.54, 1.807) is 0 Å². The maximum atomic E-state index is 5.93. The van der Waals surface area contributed by atoms with Crippen LogP contribution in [0.2, 0.25) is 5.02 Å². The number of nitrogens with one attached hydrogen (secondary N) is 1. The first-order valence-corrected chi connectivity index (χ1v) is 8.67. The van der Waals surface area contributed by atoms with Crippen LogP contribution in [0.5, 0.6) is 0 Å². The molecule has 0 aliphatic carbocycles. The van der Waals surface area contributed by atoms with Crippen LogP contribution in [-0.4, -0.2) is 28.3 Å². The first-order valence-electron chi connectivity index (χ1n) is 8.29. The Morgan fingerprint density at radius 3 is 2.78 bits per heavy atom. The second-order valence-electron chi connectivity index (χ2n) is 6.51. The molecule has 2 aromatic rings. The van der Waals surface area contributed by atoms with Crippen LogP contribution in [0.15, 0.2) is 24.3 Å². The molecule has 1 aliphatic rings. The molecule has 0 spiro atoms. The first kappa shape index (κ1) is 16.1. The van der Waals surface area contributed by atoms with E-state index >= 15 is 0 Å². The van der Waals surface area contributed by atoms with Gasteiger partial charge in [-0.15, -0.1) is 5.10 Å². The van der Waals surface area contributed by atoms with Crippen molar-refractivity contribution in [2.24, 2.45) is 11.8 Å². The summed E-state index contributed by atoms with van der Waals surface area (Å²) < 4.78 is 0. The van der Waals surface area contributed by atoms with Crippen molar-refractivity contribution in [2.75, 3.05) is 23.7 Å². The average molecular weight is 334 g/mol. The number of H-pyrrole nitrogens is 1. The third-order valence-electron chi connectivity index (χ3n) is 4.81. The van der Waals surface area contributed by atoms with Gasteiger partial charge in [-0.2, -0.15) is 4.98 Å². The lowest BCUT2D eigenvalue weighted by atomic mass is 9.83. The summed E-state index contributed by atoms with van der Waals surface area (Å²) in [7, 11) is 0. The van der Waals surface area contributed by atoms with Gasteiger partial charge in [0.15, 0.2) is 0 Å². The van der Waals surface area contributed by atoms with Crippen LogP contribution in [0.3, 0.4) is 0 Å². The van der Waals surface area contributed by atoms with Gasteiger partial charge < -0.3 is 10.6 Å². The van der Waals surface area contributed by atoms with Crippen molar-refractivity contribution in [3.05, 3.63) is 34.9 Å². The quantitative estimate of drug-likeness (QED) is 0.878. The monoisotopic (exact) mass is 333 g/mol. The Labute approximate surface area is 142 Å². The highest BCUT2D eigenvalue weighted by Crippen LogP contribution is 2.29. The minimum Gasteiger partial charge on any atom is -0.368 e.